The summed E-state index contributed by atoms with van der Waals surface area (Å²) >= 11 is -1.92. The number of rotatable bonds is 4. The molecule has 0 atom stereocenters. The molecule has 0 aliphatic heterocycles. The standard InChI is InChI=1S/C18H15P.2ClH.Rh/c1-4-10-16(11-5-1)19(17-12-6-2-7-13-17)18-14-8-3-9-15-18;;;/h1-15H;2*1H;/q;;;+1/p-1. The monoisotopic (exact) mass is 436 g/mol. The predicted octanol–water partition coefficient (Wildman–Crippen LogP) is 4.55. The zero-order valence-electron chi connectivity index (χ0n) is 11.7. The summed E-state index contributed by atoms with van der Waals surface area (Å²) in [5.74, 6) is 0. The van der Waals surface area contributed by atoms with Crippen LogP contribution in [0.4, 0.5) is 0 Å². The Labute approximate surface area is 144 Å². The summed E-state index contributed by atoms with van der Waals surface area (Å²) in [6, 6.07) is 31.6. The second-order valence-electron chi connectivity index (χ2n) is 4.90. The third kappa shape index (κ3) is 2.89. The van der Waals surface area contributed by atoms with Crippen molar-refractivity contribution >= 4 is 40.9 Å². The van der Waals surface area contributed by atoms with Crippen LogP contribution in [0.2, 0.25) is 0 Å². The quantitative estimate of drug-likeness (QED) is 0.415. The van der Waals surface area contributed by atoms with Gasteiger partial charge < -0.3 is 0 Å². The molecule has 22 heavy (non-hydrogen) atoms. The number of hydrogen-bond acceptors (Lipinski definition) is 0. The van der Waals surface area contributed by atoms with E-state index in [1.54, 1.807) is 0 Å². The average molecular weight is 437 g/mol. The number of halogens is 2. The van der Waals surface area contributed by atoms with Crippen molar-refractivity contribution in [2.75, 3.05) is 0 Å². The second-order valence-corrected chi connectivity index (χ2v) is 20.6. The van der Waals surface area contributed by atoms with Crippen LogP contribution in [0, 0.1) is 0 Å². The first-order valence-electron chi connectivity index (χ1n) is 6.90. The van der Waals surface area contributed by atoms with Gasteiger partial charge in [0.25, 0.3) is 0 Å². The summed E-state index contributed by atoms with van der Waals surface area (Å²) < 4.78 is 0. The van der Waals surface area contributed by atoms with E-state index in [-0.39, 0.29) is 0 Å². The van der Waals surface area contributed by atoms with E-state index in [0.717, 1.165) is 0 Å². The summed E-state index contributed by atoms with van der Waals surface area (Å²) in [4.78, 5) is 0. The van der Waals surface area contributed by atoms with Crippen LogP contribution in [0.3, 0.4) is 0 Å². The van der Waals surface area contributed by atoms with Gasteiger partial charge in [-0.25, -0.2) is 0 Å². The topological polar surface area (TPSA) is 0 Å². The Morgan fingerprint density at radius 2 is 0.773 bits per heavy atom. The van der Waals surface area contributed by atoms with E-state index in [0.29, 0.717) is 0 Å². The predicted molar refractivity (Wildman–Crippen MR) is 98.2 cm³/mol. The Balaban J connectivity index is 2.34. The maximum atomic E-state index is 6.76. The zero-order chi connectivity index (χ0) is 15.4. The molecule has 3 aromatic carbocycles. The first kappa shape index (κ1) is 16.2. The van der Waals surface area contributed by atoms with Gasteiger partial charge in [-0.2, -0.15) is 0 Å². The van der Waals surface area contributed by atoms with Crippen LogP contribution < -0.4 is 15.9 Å². The third-order valence-corrected chi connectivity index (χ3v) is 21.1. The van der Waals surface area contributed by atoms with Gasteiger partial charge in [0.15, 0.2) is 0 Å². The van der Waals surface area contributed by atoms with Crippen molar-refractivity contribution in [1.29, 1.82) is 0 Å². The van der Waals surface area contributed by atoms with Crippen molar-refractivity contribution in [1.82, 2.24) is 0 Å². The van der Waals surface area contributed by atoms with Crippen LogP contribution in [-0.2, 0) is 13.5 Å². The summed E-state index contributed by atoms with van der Waals surface area (Å²) in [6.07, 6.45) is 0. The summed E-state index contributed by atoms with van der Waals surface area (Å²) in [5, 5.41) is 3.85. The Kier molecular flexibility index (Phi) is 5.32. The summed E-state index contributed by atoms with van der Waals surface area (Å²) in [5.41, 5.74) is -2.34. The Hall–Kier alpha value is -0.707. The van der Waals surface area contributed by atoms with Crippen LogP contribution >= 0.6 is 25.0 Å². The molecule has 116 valence electrons. The van der Waals surface area contributed by atoms with Crippen molar-refractivity contribution in [3.63, 3.8) is 0 Å². The molecule has 0 unspecified atom stereocenters. The van der Waals surface area contributed by atoms with Crippen molar-refractivity contribution in [3.8, 4) is 0 Å². The van der Waals surface area contributed by atoms with Crippen LogP contribution in [0.25, 0.3) is 0 Å². The van der Waals surface area contributed by atoms with E-state index in [1.165, 1.54) is 15.9 Å². The van der Waals surface area contributed by atoms with Crippen LogP contribution in [-0.4, -0.2) is 0 Å². The molecule has 0 bridgehead atoms. The van der Waals surface area contributed by atoms with Gasteiger partial charge in [-0.15, -0.1) is 0 Å². The molecule has 0 saturated carbocycles. The third-order valence-electron chi connectivity index (χ3n) is 3.67. The normalized spacial score (nSPS) is 12.7. The molecular weight excluding hydrogens is 421 g/mol. The van der Waals surface area contributed by atoms with Crippen molar-refractivity contribution in [2.45, 2.75) is 0 Å². The van der Waals surface area contributed by atoms with Gasteiger partial charge in [-0.05, 0) is 0 Å². The molecule has 0 spiro atoms. The fraction of sp³-hybridized carbons (Fsp3) is 0. The van der Waals surface area contributed by atoms with Gasteiger partial charge in [0.05, 0.1) is 0 Å². The minimum absolute atomic E-state index is 1.28. The van der Waals surface area contributed by atoms with Crippen LogP contribution in [0.15, 0.2) is 91.0 Å². The number of hydrogen-bond donors (Lipinski definition) is 0. The molecule has 0 aliphatic rings. The fourth-order valence-electron chi connectivity index (χ4n) is 2.70. The summed E-state index contributed by atoms with van der Waals surface area (Å²) in [6.45, 7) is 0. The van der Waals surface area contributed by atoms with E-state index >= 15 is 0 Å². The van der Waals surface area contributed by atoms with Crippen LogP contribution in [0.1, 0.15) is 0 Å². The van der Waals surface area contributed by atoms with Gasteiger partial charge in [-0.1, -0.05) is 0 Å². The van der Waals surface area contributed by atoms with E-state index in [1.807, 2.05) is 18.2 Å². The Morgan fingerprint density at radius 3 is 1.00 bits per heavy atom. The van der Waals surface area contributed by atoms with Crippen molar-refractivity contribution < 1.29 is 13.5 Å². The molecular formula is C18H16Cl2PRh. The van der Waals surface area contributed by atoms with E-state index in [4.69, 9.17) is 19.4 Å². The van der Waals surface area contributed by atoms with E-state index in [9.17, 15) is 0 Å². The first-order chi connectivity index (χ1) is 10.8. The van der Waals surface area contributed by atoms with Gasteiger partial charge in [0.1, 0.15) is 0 Å². The second kappa shape index (κ2) is 7.24. The van der Waals surface area contributed by atoms with Gasteiger partial charge in [0.2, 0.25) is 0 Å². The van der Waals surface area contributed by atoms with Gasteiger partial charge in [0, 0.05) is 0 Å². The Morgan fingerprint density at radius 1 is 0.500 bits per heavy atom. The molecule has 0 fully saturated rings. The van der Waals surface area contributed by atoms with Crippen LogP contribution in [0.5, 0.6) is 0 Å². The molecule has 0 radical (unpaired) electrons. The zero-order valence-corrected chi connectivity index (χ0v) is 15.9. The van der Waals surface area contributed by atoms with Gasteiger partial charge in [-0.3, -0.25) is 0 Å². The molecule has 3 aromatic rings. The molecule has 0 heterocycles. The molecule has 0 nitrogen and oxygen atoms in total. The molecule has 0 amide bonds. The molecule has 0 aliphatic carbocycles. The molecule has 3 rings (SSSR count). The van der Waals surface area contributed by atoms with E-state index in [2.05, 4.69) is 72.8 Å². The minimum atomic E-state index is -2.34. The molecule has 0 saturated heterocycles. The SMILES string of the molecule is [Cl][Rh]([Cl])[PH](c1ccccc1)(c1ccccc1)c1ccccc1. The van der Waals surface area contributed by atoms with Gasteiger partial charge >= 0.3 is 145 Å². The summed E-state index contributed by atoms with van der Waals surface area (Å²) in [7, 11) is 13.5. The fourth-order valence-corrected chi connectivity index (χ4v) is 19.5. The maximum absolute atomic E-state index is 6.76. The van der Waals surface area contributed by atoms with Crippen molar-refractivity contribution in [3.05, 3.63) is 91.0 Å². The average Bonchev–Trinajstić information content (AvgIpc) is 2.58. The van der Waals surface area contributed by atoms with Crippen molar-refractivity contribution in [2.24, 2.45) is 0 Å². The van der Waals surface area contributed by atoms with E-state index < -0.39 is 19.1 Å². The first-order valence-corrected chi connectivity index (χ1v) is 15.4. The molecule has 0 N–H and O–H groups in total. The number of benzene rings is 3. The molecule has 0 aromatic heterocycles. The Bertz CT molecular complexity index is 621. The molecule has 4 heteroatoms.